The minimum atomic E-state index is -0.549. The molecule has 0 bridgehead atoms. The number of amides is 1. The maximum Gasteiger partial charge on any atom is 0.231 e. The molecule has 3 aromatic rings. The molecule has 1 atom stereocenters. The van der Waals surface area contributed by atoms with Gasteiger partial charge in [0.15, 0.2) is 0 Å². The first-order valence-corrected chi connectivity index (χ1v) is 10.2. The van der Waals surface area contributed by atoms with Crippen LogP contribution >= 0.6 is 0 Å². The molecule has 0 spiro atoms. The molecule has 1 aliphatic carbocycles. The molecule has 2 N–H and O–H groups in total. The predicted molar refractivity (Wildman–Crippen MR) is 113 cm³/mol. The zero-order valence-electron chi connectivity index (χ0n) is 16.9. The molecule has 5 nitrogen and oxygen atoms in total. The SMILES string of the molecule is CC(C)c1ccc(C(C(N)=O)c2ccn(Cc3ccc(OC4CC4)cc3)n2)cc1. The number of nitrogens with zero attached hydrogens (tertiary/aromatic N) is 2. The quantitative estimate of drug-likeness (QED) is 0.627. The summed E-state index contributed by atoms with van der Waals surface area (Å²) in [4.78, 5) is 12.2. The third-order valence-corrected chi connectivity index (χ3v) is 5.27. The number of rotatable bonds is 8. The summed E-state index contributed by atoms with van der Waals surface area (Å²) in [7, 11) is 0. The van der Waals surface area contributed by atoms with Gasteiger partial charge in [0.25, 0.3) is 0 Å². The lowest BCUT2D eigenvalue weighted by Crippen LogP contribution is -2.23. The average Bonchev–Trinajstić information content (AvgIpc) is 3.40. The summed E-state index contributed by atoms with van der Waals surface area (Å²) in [6, 6.07) is 18.0. The van der Waals surface area contributed by atoms with Crippen molar-refractivity contribution in [2.75, 3.05) is 0 Å². The van der Waals surface area contributed by atoms with E-state index < -0.39 is 11.8 Å². The second-order valence-corrected chi connectivity index (χ2v) is 8.06. The number of benzene rings is 2. The number of ether oxygens (including phenoxy) is 1. The standard InChI is InChI=1S/C24H27N3O2/c1-16(2)18-5-7-19(8-6-18)23(24(25)28)22-13-14-27(26-22)15-17-3-9-20(10-4-17)29-21-11-12-21/h3-10,13-14,16,21,23H,11-12,15H2,1-2H3,(H2,25,28). The zero-order chi connectivity index (χ0) is 20.4. The van der Waals surface area contributed by atoms with E-state index in [2.05, 4.69) is 43.2 Å². The van der Waals surface area contributed by atoms with Crippen LogP contribution in [-0.2, 0) is 11.3 Å². The summed E-state index contributed by atoms with van der Waals surface area (Å²) in [6.07, 6.45) is 4.59. The minimum absolute atomic E-state index is 0.394. The second-order valence-electron chi connectivity index (χ2n) is 8.06. The Kier molecular flexibility index (Phi) is 5.38. The van der Waals surface area contributed by atoms with Gasteiger partial charge in [-0.25, -0.2) is 0 Å². The van der Waals surface area contributed by atoms with Crippen molar-refractivity contribution in [2.24, 2.45) is 5.73 Å². The van der Waals surface area contributed by atoms with Gasteiger partial charge in [-0.2, -0.15) is 5.10 Å². The fraction of sp³-hybridized carbons (Fsp3) is 0.333. The van der Waals surface area contributed by atoms with Crippen molar-refractivity contribution >= 4 is 5.91 Å². The lowest BCUT2D eigenvalue weighted by molar-refractivity contribution is -0.118. The van der Waals surface area contributed by atoms with E-state index >= 15 is 0 Å². The van der Waals surface area contributed by atoms with Crippen molar-refractivity contribution in [3.05, 3.63) is 83.2 Å². The highest BCUT2D eigenvalue weighted by molar-refractivity contribution is 5.85. The molecule has 1 amide bonds. The van der Waals surface area contributed by atoms with Gasteiger partial charge in [0, 0.05) is 6.20 Å². The van der Waals surface area contributed by atoms with Crippen LogP contribution in [0.3, 0.4) is 0 Å². The van der Waals surface area contributed by atoms with Crippen LogP contribution in [0.4, 0.5) is 0 Å². The molecule has 1 aliphatic rings. The number of primary amides is 1. The van der Waals surface area contributed by atoms with E-state index in [0.29, 0.717) is 24.3 Å². The first-order valence-electron chi connectivity index (χ1n) is 10.2. The van der Waals surface area contributed by atoms with E-state index in [1.165, 1.54) is 5.56 Å². The molecule has 4 rings (SSSR count). The molecule has 0 aliphatic heterocycles. The summed E-state index contributed by atoms with van der Waals surface area (Å²) >= 11 is 0. The Hall–Kier alpha value is -3.08. The molecular formula is C24H27N3O2. The van der Waals surface area contributed by atoms with Crippen LogP contribution in [0.2, 0.25) is 0 Å². The third-order valence-electron chi connectivity index (χ3n) is 5.27. The monoisotopic (exact) mass is 389 g/mol. The Balaban J connectivity index is 1.48. The number of nitrogens with two attached hydrogens (primary N) is 1. The fourth-order valence-electron chi connectivity index (χ4n) is 3.41. The number of aromatic nitrogens is 2. The molecule has 1 unspecified atom stereocenters. The Labute approximate surface area is 171 Å². The van der Waals surface area contributed by atoms with Crippen molar-refractivity contribution in [2.45, 2.75) is 51.2 Å². The molecule has 0 radical (unpaired) electrons. The molecule has 2 aromatic carbocycles. The van der Waals surface area contributed by atoms with Gasteiger partial charge in [0.2, 0.25) is 5.91 Å². The van der Waals surface area contributed by atoms with Crippen LogP contribution < -0.4 is 10.5 Å². The van der Waals surface area contributed by atoms with E-state index in [9.17, 15) is 4.79 Å². The van der Waals surface area contributed by atoms with Gasteiger partial charge in [-0.3, -0.25) is 9.48 Å². The van der Waals surface area contributed by atoms with Crippen molar-refractivity contribution in [1.82, 2.24) is 9.78 Å². The molecule has 1 fully saturated rings. The van der Waals surface area contributed by atoms with Crippen molar-refractivity contribution in [3.8, 4) is 5.75 Å². The summed E-state index contributed by atoms with van der Waals surface area (Å²) in [5.74, 6) is 0.410. The van der Waals surface area contributed by atoms with Gasteiger partial charge in [-0.1, -0.05) is 50.2 Å². The lowest BCUT2D eigenvalue weighted by Gasteiger charge is -2.13. The molecular weight excluding hydrogens is 362 g/mol. The number of hydrogen-bond donors (Lipinski definition) is 1. The summed E-state index contributed by atoms with van der Waals surface area (Å²) in [6.45, 7) is 4.92. The molecule has 29 heavy (non-hydrogen) atoms. The second kappa shape index (κ2) is 8.11. The lowest BCUT2D eigenvalue weighted by atomic mass is 9.92. The van der Waals surface area contributed by atoms with Crippen LogP contribution in [-0.4, -0.2) is 21.8 Å². The smallest absolute Gasteiger partial charge is 0.231 e. The highest BCUT2D eigenvalue weighted by atomic mass is 16.5. The van der Waals surface area contributed by atoms with Gasteiger partial charge < -0.3 is 10.5 Å². The van der Waals surface area contributed by atoms with E-state index in [1.54, 1.807) is 0 Å². The van der Waals surface area contributed by atoms with Crippen molar-refractivity contribution in [1.29, 1.82) is 0 Å². The predicted octanol–water partition coefficient (Wildman–Crippen LogP) is 4.21. The first kappa shape index (κ1) is 19.2. The molecule has 1 aromatic heterocycles. The van der Waals surface area contributed by atoms with Crippen LogP contribution in [0.5, 0.6) is 5.75 Å². The minimum Gasteiger partial charge on any atom is -0.490 e. The van der Waals surface area contributed by atoms with Gasteiger partial charge in [0.1, 0.15) is 11.7 Å². The maximum atomic E-state index is 12.2. The third kappa shape index (κ3) is 4.67. The number of carbonyl (C=O) groups excluding carboxylic acids is 1. The van der Waals surface area contributed by atoms with E-state index in [0.717, 1.165) is 29.7 Å². The van der Waals surface area contributed by atoms with E-state index in [4.69, 9.17) is 10.5 Å². The van der Waals surface area contributed by atoms with E-state index in [1.807, 2.05) is 41.2 Å². The Morgan fingerprint density at radius 1 is 1.07 bits per heavy atom. The Morgan fingerprint density at radius 3 is 2.31 bits per heavy atom. The molecule has 1 saturated carbocycles. The van der Waals surface area contributed by atoms with Gasteiger partial charge in [-0.05, 0) is 53.6 Å². The van der Waals surface area contributed by atoms with Crippen LogP contribution in [0.25, 0.3) is 0 Å². The zero-order valence-corrected chi connectivity index (χ0v) is 16.9. The van der Waals surface area contributed by atoms with Crippen LogP contribution in [0.15, 0.2) is 60.8 Å². The van der Waals surface area contributed by atoms with Crippen LogP contribution in [0, 0.1) is 0 Å². The molecule has 5 heteroatoms. The largest absolute Gasteiger partial charge is 0.490 e. The number of hydrogen-bond acceptors (Lipinski definition) is 3. The van der Waals surface area contributed by atoms with Crippen LogP contribution in [0.1, 0.15) is 60.9 Å². The highest BCUT2D eigenvalue weighted by Gasteiger charge is 2.24. The number of carbonyl (C=O) groups is 1. The first-order chi connectivity index (χ1) is 14.0. The highest BCUT2D eigenvalue weighted by Crippen LogP contribution is 2.27. The fourth-order valence-corrected chi connectivity index (χ4v) is 3.41. The van der Waals surface area contributed by atoms with E-state index in [-0.39, 0.29) is 0 Å². The summed E-state index contributed by atoms with van der Waals surface area (Å²) < 4.78 is 7.63. The normalized spacial score (nSPS) is 14.7. The maximum absolute atomic E-state index is 12.2. The van der Waals surface area contributed by atoms with Crippen molar-refractivity contribution < 1.29 is 9.53 Å². The Morgan fingerprint density at radius 2 is 1.72 bits per heavy atom. The summed E-state index contributed by atoms with van der Waals surface area (Å²) in [5, 5.41) is 4.63. The van der Waals surface area contributed by atoms with Gasteiger partial charge in [0.05, 0.1) is 18.3 Å². The molecule has 150 valence electrons. The van der Waals surface area contributed by atoms with Gasteiger partial charge >= 0.3 is 0 Å². The molecule has 0 saturated heterocycles. The van der Waals surface area contributed by atoms with Crippen molar-refractivity contribution in [3.63, 3.8) is 0 Å². The van der Waals surface area contributed by atoms with Gasteiger partial charge in [-0.15, -0.1) is 0 Å². The average molecular weight is 389 g/mol. The summed E-state index contributed by atoms with van der Waals surface area (Å²) in [5.41, 5.74) is 9.62. The topological polar surface area (TPSA) is 70.1 Å². The molecule has 1 heterocycles. The Bertz CT molecular complexity index is 970.